The summed E-state index contributed by atoms with van der Waals surface area (Å²) >= 11 is 0. The maximum atomic E-state index is 5.94. The van der Waals surface area contributed by atoms with Gasteiger partial charge in [0.1, 0.15) is 17.5 Å². The standard InChI is InChI=1S/C15H27N5/c1-4-13-18-14(16)12(3)15(19-13)17-9-11(2)10-20-7-5-6-8-20/h11H,4-10H2,1-3H3,(H3,16,17,18,19). The number of aryl methyl sites for hydroxylation is 1. The lowest BCUT2D eigenvalue weighted by molar-refractivity contribution is 0.294. The maximum Gasteiger partial charge on any atom is 0.134 e. The molecule has 1 aromatic heterocycles. The van der Waals surface area contributed by atoms with E-state index in [1.165, 1.54) is 25.9 Å². The minimum Gasteiger partial charge on any atom is -0.383 e. The largest absolute Gasteiger partial charge is 0.383 e. The molecule has 0 amide bonds. The van der Waals surface area contributed by atoms with Crippen LogP contribution in [0.2, 0.25) is 0 Å². The van der Waals surface area contributed by atoms with Gasteiger partial charge in [-0.25, -0.2) is 9.97 Å². The minimum absolute atomic E-state index is 0.589. The second-order valence-electron chi connectivity index (χ2n) is 5.85. The van der Waals surface area contributed by atoms with Gasteiger partial charge in [-0.3, -0.25) is 0 Å². The highest BCUT2D eigenvalue weighted by molar-refractivity contribution is 5.54. The lowest BCUT2D eigenvalue weighted by Crippen LogP contribution is -2.29. The van der Waals surface area contributed by atoms with Crippen LogP contribution in [-0.2, 0) is 6.42 Å². The van der Waals surface area contributed by atoms with E-state index in [-0.39, 0.29) is 0 Å². The van der Waals surface area contributed by atoms with E-state index in [2.05, 4.69) is 27.1 Å². The normalized spacial score (nSPS) is 17.4. The Morgan fingerprint density at radius 3 is 2.65 bits per heavy atom. The third-order valence-corrected chi connectivity index (χ3v) is 3.93. The molecule has 2 rings (SSSR count). The van der Waals surface area contributed by atoms with Crippen molar-refractivity contribution < 1.29 is 0 Å². The molecule has 1 aliphatic rings. The van der Waals surface area contributed by atoms with Crippen molar-refractivity contribution in [1.29, 1.82) is 0 Å². The lowest BCUT2D eigenvalue weighted by atomic mass is 10.1. The first-order chi connectivity index (χ1) is 9.60. The van der Waals surface area contributed by atoms with Gasteiger partial charge in [0, 0.05) is 25.1 Å². The molecule has 1 atom stereocenters. The average molecular weight is 277 g/mol. The summed E-state index contributed by atoms with van der Waals surface area (Å²) in [5.74, 6) is 2.89. The zero-order valence-electron chi connectivity index (χ0n) is 12.9. The molecular weight excluding hydrogens is 250 g/mol. The fourth-order valence-electron chi connectivity index (χ4n) is 2.65. The van der Waals surface area contributed by atoms with Gasteiger partial charge in [0.25, 0.3) is 0 Å². The summed E-state index contributed by atoms with van der Waals surface area (Å²) in [4.78, 5) is 11.4. The Bertz CT molecular complexity index is 440. The van der Waals surface area contributed by atoms with Crippen LogP contribution >= 0.6 is 0 Å². The Hall–Kier alpha value is -1.36. The smallest absolute Gasteiger partial charge is 0.134 e. The first-order valence-electron chi connectivity index (χ1n) is 7.69. The van der Waals surface area contributed by atoms with Crippen LogP contribution in [0.1, 0.15) is 38.1 Å². The topological polar surface area (TPSA) is 67.1 Å². The molecule has 0 spiro atoms. The Morgan fingerprint density at radius 2 is 2.00 bits per heavy atom. The molecule has 0 aliphatic carbocycles. The first-order valence-corrected chi connectivity index (χ1v) is 7.69. The third-order valence-electron chi connectivity index (χ3n) is 3.93. The molecule has 1 aromatic rings. The van der Waals surface area contributed by atoms with Gasteiger partial charge in [0.2, 0.25) is 0 Å². The van der Waals surface area contributed by atoms with E-state index in [4.69, 9.17) is 5.73 Å². The molecular formula is C15H27N5. The van der Waals surface area contributed by atoms with Crippen molar-refractivity contribution in [3.8, 4) is 0 Å². The predicted octanol–water partition coefficient (Wildman–Crippen LogP) is 2.07. The summed E-state index contributed by atoms with van der Waals surface area (Å²) in [7, 11) is 0. The van der Waals surface area contributed by atoms with Gasteiger partial charge in [-0.2, -0.15) is 0 Å². The number of nitrogens with two attached hydrogens (primary N) is 1. The molecule has 5 heteroatoms. The van der Waals surface area contributed by atoms with E-state index in [0.717, 1.165) is 36.7 Å². The molecule has 20 heavy (non-hydrogen) atoms. The summed E-state index contributed by atoms with van der Waals surface area (Å²) in [6.07, 6.45) is 3.51. The first kappa shape index (κ1) is 15.0. The zero-order valence-corrected chi connectivity index (χ0v) is 12.9. The number of nitrogens with one attached hydrogen (secondary N) is 1. The SMILES string of the molecule is CCc1nc(N)c(C)c(NCC(C)CN2CCCC2)n1. The molecule has 2 heterocycles. The number of nitrogens with zero attached hydrogens (tertiary/aromatic N) is 3. The van der Waals surface area contributed by atoms with Crippen molar-refractivity contribution in [2.24, 2.45) is 5.92 Å². The number of hydrogen-bond donors (Lipinski definition) is 2. The Labute approximate surface area is 122 Å². The summed E-state index contributed by atoms with van der Waals surface area (Å²) in [6, 6.07) is 0. The van der Waals surface area contributed by atoms with Crippen molar-refractivity contribution in [3.63, 3.8) is 0 Å². The summed E-state index contributed by atoms with van der Waals surface area (Å²) in [5.41, 5.74) is 6.89. The van der Waals surface area contributed by atoms with Gasteiger partial charge in [0.15, 0.2) is 0 Å². The monoisotopic (exact) mass is 277 g/mol. The number of aromatic nitrogens is 2. The van der Waals surface area contributed by atoms with Gasteiger partial charge in [0.05, 0.1) is 0 Å². The van der Waals surface area contributed by atoms with Crippen LogP contribution in [-0.4, -0.2) is 41.0 Å². The zero-order chi connectivity index (χ0) is 14.5. The molecule has 1 aliphatic heterocycles. The van der Waals surface area contributed by atoms with Crippen molar-refractivity contribution in [3.05, 3.63) is 11.4 Å². The molecule has 1 saturated heterocycles. The second kappa shape index (κ2) is 6.88. The number of hydrogen-bond acceptors (Lipinski definition) is 5. The number of nitrogen functional groups attached to an aromatic ring is 1. The second-order valence-corrected chi connectivity index (χ2v) is 5.85. The van der Waals surface area contributed by atoms with E-state index in [0.29, 0.717) is 11.7 Å². The highest BCUT2D eigenvalue weighted by Gasteiger charge is 2.15. The van der Waals surface area contributed by atoms with Crippen molar-refractivity contribution in [1.82, 2.24) is 14.9 Å². The van der Waals surface area contributed by atoms with Gasteiger partial charge in [-0.1, -0.05) is 13.8 Å². The van der Waals surface area contributed by atoms with Crippen molar-refractivity contribution in [2.45, 2.75) is 40.0 Å². The van der Waals surface area contributed by atoms with Crippen molar-refractivity contribution in [2.75, 3.05) is 37.2 Å². The number of rotatable bonds is 6. The van der Waals surface area contributed by atoms with E-state index < -0.39 is 0 Å². The Kier molecular flexibility index (Phi) is 5.17. The van der Waals surface area contributed by atoms with Crippen LogP contribution in [0.15, 0.2) is 0 Å². The van der Waals surface area contributed by atoms with Gasteiger partial charge >= 0.3 is 0 Å². The van der Waals surface area contributed by atoms with E-state index in [9.17, 15) is 0 Å². The minimum atomic E-state index is 0.589. The molecule has 0 radical (unpaired) electrons. The fourth-order valence-corrected chi connectivity index (χ4v) is 2.65. The van der Waals surface area contributed by atoms with Gasteiger partial charge in [-0.15, -0.1) is 0 Å². The van der Waals surface area contributed by atoms with Crippen LogP contribution in [0.5, 0.6) is 0 Å². The van der Waals surface area contributed by atoms with E-state index in [1.807, 2.05) is 13.8 Å². The fraction of sp³-hybridized carbons (Fsp3) is 0.733. The predicted molar refractivity (Wildman–Crippen MR) is 83.9 cm³/mol. The van der Waals surface area contributed by atoms with Crippen LogP contribution in [0.3, 0.4) is 0 Å². The quantitative estimate of drug-likeness (QED) is 0.833. The summed E-state index contributed by atoms with van der Waals surface area (Å²) < 4.78 is 0. The molecule has 0 saturated carbocycles. The van der Waals surface area contributed by atoms with Gasteiger partial charge < -0.3 is 16.0 Å². The Morgan fingerprint density at radius 1 is 1.30 bits per heavy atom. The highest BCUT2D eigenvalue weighted by atomic mass is 15.1. The summed E-state index contributed by atoms with van der Waals surface area (Å²) in [6.45, 7) is 10.9. The molecule has 3 N–H and O–H groups in total. The average Bonchev–Trinajstić information content (AvgIpc) is 2.93. The molecule has 1 unspecified atom stereocenters. The van der Waals surface area contributed by atoms with Gasteiger partial charge in [-0.05, 0) is 38.8 Å². The molecule has 112 valence electrons. The summed E-state index contributed by atoms with van der Waals surface area (Å²) in [5, 5.41) is 3.44. The molecule has 1 fully saturated rings. The number of anilines is 2. The van der Waals surface area contributed by atoms with Crippen LogP contribution < -0.4 is 11.1 Å². The highest BCUT2D eigenvalue weighted by Crippen LogP contribution is 2.18. The van der Waals surface area contributed by atoms with Crippen LogP contribution in [0.4, 0.5) is 11.6 Å². The van der Waals surface area contributed by atoms with Crippen LogP contribution in [0.25, 0.3) is 0 Å². The molecule has 0 bridgehead atoms. The maximum absolute atomic E-state index is 5.94. The van der Waals surface area contributed by atoms with E-state index >= 15 is 0 Å². The van der Waals surface area contributed by atoms with Crippen LogP contribution in [0, 0.1) is 12.8 Å². The van der Waals surface area contributed by atoms with Crippen molar-refractivity contribution >= 4 is 11.6 Å². The number of likely N-dealkylation sites (tertiary alicyclic amines) is 1. The lowest BCUT2D eigenvalue weighted by Gasteiger charge is -2.21. The molecule has 5 nitrogen and oxygen atoms in total. The third kappa shape index (κ3) is 3.82. The molecule has 0 aromatic carbocycles. The van der Waals surface area contributed by atoms with E-state index in [1.54, 1.807) is 0 Å². The Balaban J connectivity index is 1.90.